The fraction of sp³-hybridized carbons (Fsp3) is 0.429. The zero-order valence-electron chi connectivity index (χ0n) is 11.6. The Labute approximate surface area is 113 Å². The second-order valence-corrected chi connectivity index (χ2v) is 5.00. The highest BCUT2D eigenvalue weighted by atomic mass is 16.2. The first kappa shape index (κ1) is 13.4. The number of carbonyl (C=O) groups excluding carboxylic acids is 2. The first-order valence-corrected chi connectivity index (χ1v) is 6.31. The molecule has 19 heavy (non-hydrogen) atoms. The Bertz CT molecular complexity index is 511. The fourth-order valence-electron chi connectivity index (χ4n) is 2.06. The number of hydrogen-bond acceptors (Lipinski definition) is 3. The van der Waals surface area contributed by atoms with Gasteiger partial charge in [0.1, 0.15) is 0 Å². The normalized spacial score (nSPS) is 12.6. The number of anilines is 1. The van der Waals surface area contributed by atoms with Gasteiger partial charge >= 0.3 is 0 Å². The standard InChI is InChI=1S/C14H19N3O2/c1-16(2)13(18)9-17(3)14(19)11-5-4-10-6-7-15-12(10)8-11/h4-5,8,15H,6-7,9H2,1-3H3. The molecule has 0 radical (unpaired) electrons. The molecule has 0 spiro atoms. The van der Waals surface area contributed by atoms with Gasteiger partial charge in [0.05, 0.1) is 6.54 Å². The third-order valence-corrected chi connectivity index (χ3v) is 3.28. The second-order valence-electron chi connectivity index (χ2n) is 5.00. The van der Waals surface area contributed by atoms with Crippen LogP contribution in [0.4, 0.5) is 5.69 Å². The molecule has 0 fully saturated rings. The van der Waals surface area contributed by atoms with Crippen LogP contribution in [0.2, 0.25) is 0 Å². The van der Waals surface area contributed by atoms with E-state index in [2.05, 4.69) is 5.32 Å². The van der Waals surface area contributed by atoms with Crippen molar-refractivity contribution in [2.24, 2.45) is 0 Å². The summed E-state index contributed by atoms with van der Waals surface area (Å²) in [5, 5.41) is 3.25. The van der Waals surface area contributed by atoms with Crippen LogP contribution in [-0.2, 0) is 11.2 Å². The number of fused-ring (bicyclic) bond motifs is 1. The molecule has 1 aliphatic rings. The van der Waals surface area contributed by atoms with Gasteiger partial charge in [0, 0.05) is 38.9 Å². The quantitative estimate of drug-likeness (QED) is 0.876. The molecule has 102 valence electrons. The van der Waals surface area contributed by atoms with E-state index >= 15 is 0 Å². The Morgan fingerprint density at radius 3 is 2.68 bits per heavy atom. The maximum atomic E-state index is 12.2. The summed E-state index contributed by atoms with van der Waals surface area (Å²) < 4.78 is 0. The molecule has 1 aliphatic heterocycles. The van der Waals surface area contributed by atoms with E-state index in [1.54, 1.807) is 21.1 Å². The van der Waals surface area contributed by atoms with Crippen molar-refractivity contribution in [3.05, 3.63) is 29.3 Å². The van der Waals surface area contributed by atoms with Gasteiger partial charge in [-0.2, -0.15) is 0 Å². The first-order chi connectivity index (χ1) is 8.99. The lowest BCUT2D eigenvalue weighted by atomic mass is 10.1. The van der Waals surface area contributed by atoms with Crippen molar-refractivity contribution in [3.63, 3.8) is 0 Å². The minimum atomic E-state index is -0.133. The SMILES string of the molecule is CN(C)C(=O)CN(C)C(=O)c1ccc2c(c1)NCC2. The van der Waals surface area contributed by atoms with Crippen LogP contribution in [0.1, 0.15) is 15.9 Å². The van der Waals surface area contributed by atoms with Gasteiger partial charge in [-0.15, -0.1) is 0 Å². The smallest absolute Gasteiger partial charge is 0.254 e. The number of likely N-dealkylation sites (N-methyl/N-ethyl adjacent to an activating group) is 2. The number of nitrogens with one attached hydrogen (secondary N) is 1. The third-order valence-electron chi connectivity index (χ3n) is 3.28. The highest BCUT2D eigenvalue weighted by Gasteiger charge is 2.18. The predicted octanol–water partition coefficient (Wildman–Crippen LogP) is 0.815. The molecule has 0 aromatic heterocycles. The van der Waals surface area contributed by atoms with Crippen LogP contribution in [-0.4, -0.2) is 55.8 Å². The lowest BCUT2D eigenvalue weighted by molar-refractivity contribution is -0.129. The molecule has 5 heteroatoms. The highest BCUT2D eigenvalue weighted by Crippen LogP contribution is 2.23. The third kappa shape index (κ3) is 2.86. The van der Waals surface area contributed by atoms with Gasteiger partial charge in [-0.05, 0) is 24.1 Å². The Morgan fingerprint density at radius 2 is 2.00 bits per heavy atom. The van der Waals surface area contributed by atoms with Crippen molar-refractivity contribution in [3.8, 4) is 0 Å². The summed E-state index contributed by atoms with van der Waals surface area (Å²) in [4.78, 5) is 26.7. The van der Waals surface area contributed by atoms with Crippen LogP contribution in [0.5, 0.6) is 0 Å². The molecule has 0 aliphatic carbocycles. The Kier molecular flexibility index (Phi) is 3.74. The minimum Gasteiger partial charge on any atom is -0.384 e. The average molecular weight is 261 g/mol. The Morgan fingerprint density at radius 1 is 1.26 bits per heavy atom. The van der Waals surface area contributed by atoms with E-state index in [0.29, 0.717) is 5.56 Å². The summed E-state index contributed by atoms with van der Waals surface area (Å²) in [5.74, 6) is -0.221. The molecule has 0 atom stereocenters. The Balaban J connectivity index is 2.09. The van der Waals surface area contributed by atoms with Gasteiger partial charge in [-0.3, -0.25) is 9.59 Å². The van der Waals surface area contributed by atoms with Crippen molar-refractivity contribution < 1.29 is 9.59 Å². The van der Waals surface area contributed by atoms with Crippen molar-refractivity contribution >= 4 is 17.5 Å². The van der Waals surface area contributed by atoms with E-state index in [-0.39, 0.29) is 18.4 Å². The Hall–Kier alpha value is -2.04. The zero-order chi connectivity index (χ0) is 14.0. The summed E-state index contributed by atoms with van der Waals surface area (Å²) in [7, 11) is 5.00. The average Bonchev–Trinajstić information content (AvgIpc) is 2.84. The maximum absolute atomic E-state index is 12.2. The molecule has 1 aromatic rings. The number of amides is 2. The van der Waals surface area contributed by atoms with Crippen LogP contribution in [0.3, 0.4) is 0 Å². The molecule has 2 rings (SSSR count). The molecule has 0 saturated carbocycles. The van der Waals surface area contributed by atoms with Gasteiger partial charge in [-0.25, -0.2) is 0 Å². The number of nitrogens with zero attached hydrogens (tertiary/aromatic N) is 2. The predicted molar refractivity (Wildman–Crippen MR) is 74.3 cm³/mol. The van der Waals surface area contributed by atoms with Crippen LogP contribution >= 0.6 is 0 Å². The van der Waals surface area contributed by atoms with Crippen molar-refractivity contribution in [2.75, 3.05) is 39.5 Å². The monoisotopic (exact) mass is 261 g/mol. The maximum Gasteiger partial charge on any atom is 0.254 e. The molecule has 0 bridgehead atoms. The molecule has 1 aromatic carbocycles. The fourth-order valence-corrected chi connectivity index (χ4v) is 2.06. The van der Waals surface area contributed by atoms with Crippen molar-refractivity contribution in [1.29, 1.82) is 0 Å². The lowest BCUT2D eigenvalue weighted by Crippen LogP contribution is -2.37. The topological polar surface area (TPSA) is 52.7 Å². The second kappa shape index (κ2) is 5.30. The van der Waals surface area contributed by atoms with E-state index in [4.69, 9.17) is 0 Å². The minimum absolute atomic E-state index is 0.0878. The van der Waals surface area contributed by atoms with Crippen LogP contribution < -0.4 is 5.32 Å². The molecular formula is C14H19N3O2. The van der Waals surface area contributed by atoms with Gasteiger partial charge in [0.2, 0.25) is 5.91 Å². The summed E-state index contributed by atoms with van der Waals surface area (Å²) in [6.45, 7) is 1.01. The lowest BCUT2D eigenvalue weighted by Gasteiger charge is -2.19. The summed E-state index contributed by atoms with van der Waals surface area (Å²) in [5.41, 5.74) is 2.88. The number of benzene rings is 1. The van der Waals surface area contributed by atoms with E-state index < -0.39 is 0 Å². The number of rotatable bonds is 3. The van der Waals surface area contributed by atoms with Crippen LogP contribution in [0, 0.1) is 0 Å². The van der Waals surface area contributed by atoms with E-state index in [1.165, 1.54) is 15.4 Å². The summed E-state index contributed by atoms with van der Waals surface area (Å²) in [6.07, 6.45) is 0.999. The highest BCUT2D eigenvalue weighted by molar-refractivity contribution is 5.97. The molecule has 2 amide bonds. The number of carbonyl (C=O) groups is 2. The summed E-state index contributed by atoms with van der Waals surface area (Å²) in [6, 6.07) is 5.66. The van der Waals surface area contributed by atoms with Crippen LogP contribution in [0.25, 0.3) is 0 Å². The van der Waals surface area contributed by atoms with E-state index in [1.807, 2.05) is 18.2 Å². The largest absolute Gasteiger partial charge is 0.384 e. The van der Waals surface area contributed by atoms with Gasteiger partial charge in [0.15, 0.2) is 0 Å². The van der Waals surface area contributed by atoms with Gasteiger partial charge in [0.25, 0.3) is 5.91 Å². The molecule has 1 N–H and O–H groups in total. The zero-order valence-corrected chi connectivity index (χ0v) is 11.6. The molecular weight excluding hydrogens is 242 g/mol. The van der Waals surface area contributed by atoms with Crippen LogP contribution in [0.15, 0.2) is 18.2 Å². The van der Waals surface area contributed by atoms with Crippen molar-refractivity contribution in [2.45, 2.75) is 6.42 Å². The molecule has 1 heterocycles. The summed E-state index contributed by atoms with van der Waals surface area (Å²) >= 11 is 0. The van der Waals surface area contributed by atoms with E-state index in [9.17, 15) is 9.59 Å². The first-order valence-electron chi connectivity index (χ1n) is 6.31. The number of hydrogen-bond donors (Lipinski definition) is 1. The van der Waals surface area contributed by atoms with Gasteiger partial charge in [-0.1, -0.05) is 6.07 Å². The molecule has 5 nitrogen and oxygen atoms in total. The molecule has 0 saturated heterocycles. The van der Waals surface area contributed by atoms with Crippen molar-refractivity contribution in [1.82, 2.24) is 9.80 Å². The van der Waals surface area contributed by atoms with E-state index in [0.717, 1.165) is 18.7 Å². The molecule has 0 unspecified atom stereocenters. The van der Waals surface area contributed by atoms with Gasteiger partial charge < -0.3 is 15.1 Å².